The monoisotopic (exact) mass is 396 g/mol. The van der Waals surface area contributed by atoms with Crippen LogP contribution in [-0.2, 0) is 14.3 Å². The molecule has 1 saturated carbocycles. The van der Waals surface area contributed by atoms with Gasteiger partial charge in [0.15, 0.2) is 5.60 Å². The maximum atomic E-state index is 13.0. The number of benzene rings is 1. The first-order valence-corrected chi connectivity index (χ1v) is 8.33. The molecule has 0 spiro atoms. The number of hydrogen-bond donors (Lipinski definition) is 1. The van der Waals surface area contributed by atoms with Gasteiger partial charge in [0.1, 0.15) is 0 Å². The third kappa shape index (κ3) is 1.95. The van der Waals surface area contributed by atoms with Crippen molar-refractivity contribution in [2.75, 3.05) is 5.32 Å². The van der Waals surface area contributed by atoms with Gasteiger partial charge in [-0.15, -0.1) is 0 Å². The molecule has 24 heavy (non-hydrogen) atoms. The summed E-state index contributed by atoms with van der Waals surface area (Å²) in [6.45, 7) is 5.53. The number of amides is 1. The zero-order valence-electron chi connectivity index (χ0n) is 13.5. The second kappa shape index (κ2) is 5.02. The van der Waals surface area contributed by atoms with Crippen LogP contribution in [-0.4, -0.2) is 22.4 Å². The number of rotatable bonds is 3. The van der Waals surface area contributed by atoms with Crippen molar-refractivity contribution in [3.05, 3.63) is 32.8 Å². The Morgan fingerprint density at radius 3 is 2.50 bits per heavy atom. The average molecular weight is 397 g/mol. The van der Waals surface area contributed by atoms with Crippen molar-refractivity contribution in [2.24, 2.45) is 10.8 Å². The molecule has 1 heterocycles. The lowest BCUT2D eigenvalue weighted by Crippen LogP contribution is -2.50. The second-order valence-electron chi connectivity index (χ2n) is 7.05. The van der Waals surface area contributed by atoms with E-state index in [1.807, 2.05) is 20.8 Å². The number of nitro groups is 1. The zero-order chi connectivity index (χ0) is 17.9. The fraction of sp³-hybridized carbons (Fsp3) is 0.500. The summed E-state index contributed by atoms with van der Waals surface area (Å²) in [4.78, 5) is 35.6. The van der Waals surface area contributed by atoms with E-state index in [2.05, 4.69) is 21.2 Å². The molecule has 2 unspecified atom stereocenters. The van der Waals surface area contributed by atoms with Gasteiger partial charge in [0.25, 0.3) is 11.6 Å². The van der Waals surface area contributed by atoms with Crippen molar-refractivity contribution in [3.8, 4) is 0 Å². The summed E-state index contributed by atoms with van der Waals surface area (Å²) in [5, 5.41) is 13.6. The summed E-state index contributed by atoms with van der Waals surface area (Å²) in [6, 6.07) is 4.11. The highest BCUT2D eigenvalue weighted by Crippen LogP contribution is 2.65. The number of fused-ring (bicyclic) bond motifs is 2. The Labute approximate surface area is 147 Å². The maximum Gasteiger partial charge on any atom is 0.313 e. The standard InChI is InChI=1S/C16H17BrN2O5/c1-14(2)15(3)6-7-16(14,24-13(15)21)12(20)18-11-8-9(19(22)23)4-5-10(11)17/h4-5,8H,6-7H2,1-3H3,(H,18,20). The van der Waals surface area contributed by atoms with Crippen molar-refractivity contribution in [3.63, 3.8) is 0 Å². The first-order chi connectivity index (χ1) is 11.0. The minimum absolute atomic E-state index is 0.134. The molecule has 1 N–H and O–H groups in total. The van der Waals surface area contributed by atoms with Crippen molar-refractivity contribution in [1.82, 2.24) is 0 Å². The number of carbonyl (C=O) groups is 2. The van der Waals surface area contributed by atoms with E-state index in [1.165, 1.54) is 18.2 Å². The van der Waals surface area contributed by atoms with Crippen LogP contribution >= 0.6 is 15.9 Å². The molecule has 1 aromatic rings. The summed E-state index contributed by atoms with van der Waals surface area (Å²) in [7, 11) is 0. The van der Waals surface area contributed by atoms with E-state index in [9.17, 15) is 19.7 Å². The Balaban J connectivity index is 1.96. The number of carbonyl (C=O) groups excluding carboxylic acids is 2. The largest absolute Gasteiger partial charge is 0.448 e. The lowest BCUT2D eigenvalue weighted by Gasteiger charge is -2.35. The van der Waals surface area contributed by atoms with Crippen LogP contribution in [0.1, 0.15) is 33.6 Å². The van der Waals surface area contributed by atoms with Gasteiger partial charge in [0.2, 0.25) is 0 Å². The quantitative estimate of drug-likeness (QED) is 0.479. The van der Waals surface area contributed by atoms with E-state index in [0.29, 0.717) is 17.3 Å². The van der Waals surface area contributed by atoms with Crippen LogP contribution in [0.25, 0.3) is 0 Å². The van der Waals surface area contributed by atoms with E-state index in [0.717, 1.165) is 0 Å². The molecule has 2 bridgehead atoms. The number of nitro benzene ring substituents is 1. The normalized spacial score (nSPS) is 30.1. The first kappa shape index (κ1) is 16.9. The molecule has 2 aliphatic rings. The molecule has 0 aromatic heterocycles. The number of nitrogens with one attached hydrogen (secondary N) is 1. The predicted molar refractivity (Wildman–Crippen MR) is 89.4 cm³/mol. The van der Waals surface area contributed by atoms with Crippen LogP contribution in [0.15, 0.2) is 22.7 Å². The first-order valence-electron chi connectivity index (χ1n) is 7.54. The molecular formula is C16H17BrN2O5. The molecule has 7 nitrogen and oxygen atoms in total. The third-order valence-corrected chi connectivity index (χ3v) is 6.55. The Morgan fingerprint density at radius 1 is 1.33 bits per heavy atom. The van der Waals surface area contributed by atoms with Gasteiger partial charge in [0.05, 0.1) is 16.0 Å². The van der Waals surface area contributed by atoms with Crippen LogP contribution in [0.4, 0.5) is 11.4 Å². The lowest BCUT2D eigenvalue weighted by atomic mass is 9.66. The SMILES string of the molecule is CC12CCC(C(=O)Nc3cc([N+](=O)[O-])ccc3Br)(OC1=O)C2(C)C. The highest BCUT2D eigenvalue weighted by atomic mass is 79.9. The Kier molecular flexibility index (Phi) is 3.53. The minimum atomic E-state index is -1.26. The summed E-state index contributed by atoms with van der Waals surface area (Å²) in [5.41, 5.74) is -2.50. The number of ether oxygens (including phenoxy) is 1. The topological polar surface area (TPSA) is 98.5 Å². The fourth-order valence-electron chi connectivity index (χ4n) is 3.69. The molecule has 1 aromatic carbocycles. The van der Waals surface area contributed by atoms with Gasteiger partial charge in [-0.25, -0.2) is 0 Å². The van der Waals surface area contributed by atoms with Crippen molar-refractivity contribution >= 4 is 39.2 Å². The number of nitrogens with zero attached hydrogens (tertiary/aromatic N) is 1. The van der Waals surface area contributed by atoms with Gasteiger partial charge in [-0.3, -0.25) is 19.7 Å². The van der Waals surface area contributed by atoms with Crippen molar-refractivity contribution in [1.29, 1.82) is 0 Å². The van der Waals surface area contributed by atoms with E-state index >= 15 is 0 Å². The van der Waals surface area contributed by atoms with Gasteiger partial charge in [-0.2, -0.15) is 0 Å². The molecule has 8 heteroatoms. The minimum Gasteiger partial charge on any atom is -0.448 e. The van der Waals surface area contributed by atoms with Gasteiger partial charge in [0, 0.05) is 22.0 Å². The highest BCUT2D eigenvalue weighted by molar-refractivity contribution is 9.10. The van der Waals surface area contributed by atoms with Crippen LogP contribution in [0, 0.1) is 20.9 Å². The Morgan fingerprint density at radius 2 is 2.00 bits per heavy atom. The molecule has 0 radical (unpaired) electrons. The number of hydrogen-bond acceptors (Lipinski definition) is 5. The Hall–Kier alpha value is -1.96. The molecule has 3 rings (SSSR count). The summed E-state index contributed by atoms with van der Waals surface area (Å²) >= 11 is 3.27. The summed E-state index contributed by atoms with van der Waals surface area (Å²) in [5.74, 6) is -0.824. The molecule has 1 aliphatic heterocycles. The van der Waals surface area contributed by atoms with E-state index in [4.69, 9.17) is 4.74 Å². The second-order valence-corrected chi connectivity index (χ2v) is 7.90. The highest BCUT2D eigenvalue weighted by Gasteiger charge is 2.75. The predicted octanol–water partition coefficient (Wildman–Crippen LogP) is 3.42. The molecule has 128 valence electrons. The van der Waals surface area contributed by atoms with E-state index < -0.39 is 27.3 Å². The smallest absolute Gasteiger partial charge is 0.313 e. The van der Waals surface area contributed by atoms with Crippen LogP contribution in [0.5, 0.6) is 0 Å². The number of anilines is 1. The zero-order valence-corrected chi connectivity index (χ0v) is 15.1. The summed E-state index contributed by atoms with van der Waals surface area (Å²) in [6.07, 6.45) is 1.00. The molecule has 1 amide bonds. The molecule has 1 saturated heterocycles. The Bertz CT molecular complexity index is 778. The van der Waals surface area contributed by atoms with Gasteiger partial charge in [-0.1, -0.05) is 13.8 Å². The number of halogens is 1. The van der Waals surface area contributed by atoms with Gasteiger partial charge in [-0.05, 0) is 41.8 Å². The number of non-ortho nitro benzene ring substituents is 1. The fourth-order valence-corrected chi connectivity index (χ4v) is 4.04. The maximum absolute atomic E-state index is 13.0. The van der Waals surface area contributed by atoms with Gasteiger partial charge >= 0.3 is 5.97 Å². The van der Waals surface area contributed by atoms with E-state index in [1.54, 1.807) is 0 Å². The number of esters is 1. The van der Waals surface area contributed by atoms with Crippen molar-refractivity contribution < 1.29 is 19.2 Å². The average Bonchev–Trinajstić information content (AvgIpc) is 2.79. The van der Waals surface area contributed by atoms with Crippen molar-refractivity contribution in [2.45, 2.75) is 39.2 Å². The lowest BCUT2D eigenvalue weighted by molar-refractivity contribution is -0.384. The summed E-state index contributed by atoms with van der Waals surface area (Å²) < 4.78 is 6.03. The van der Waals surface area contributed by atoms with Gasteiger partial charge < -0.3 is 10.1 Å². The molecule has 2 atom stereocenters. The third-order valence-electron chi connectivity index (χ3n) is 5.86. The molecule has 2 fully saturated rings. The van der Waals surface area contributed by atoms with Crippen LogP contribution < -0.4 is 5.32 Å². The van der Waals surface area contributed by atoms with Crippen LogP contribution in [0.3, 0.4) is 0 Å². The molecule has 1 aliphatic carbocycles. The van der Waals surface area contributed by atoms with E-state index in [-0.39, 0.29) is 17.3 Å². The van der Waals surface area contributed by atoms with Crippen LogP contribution in [0.2, 0.25) is 0 Å². The molecular weight excluding hydrogens is 380 g/mol.